The molecule has 0 aromatic heterocycles. The molecule has 3 N–H and O–H groups in total. The summed E-state index contributed by atoms with van der Waals surface area (Å²) in [5, 5.41) is 8.70. The molecule has 176 valence electrons. The number of nitrogens with one attached hydrogen (secondary N) is 3. The summed E-state index contributed by atoms with van der Waals surface area (Å²) in [4.78, 5) is 24.9. The Hall–Kier alpha value is -3.71. The Labute approximate surface area is 205 Å². The Morgan fingerprint density at radius 1 is 0.853 bits per heavy atom. The van der Waals surface area contributed by atoms with Gasteiger partial charge < -0.3 is 15.4 Å². The number of rotatable bonds is 7. The van der Waals surface area contributed by atoms with E-state index in [1.807, 2.05) is 45.0 Å². The van der Waals surface area contributed by atoms with Gasteiger partial charge in [-0.2, -0.15) is 0 Å². The molecule has 3 aromatic carbocycles. The molecule has 2 amide bonds. The van der Waals surface area contributed by atoms with E-state index in [2.05, 4.69) is 28.1 Å². The minimum absolute atomic E-state index is 0.152. The predicted molar refractivity (Wildman–Crippen MR) is 139 cm³/mol. The molecule has 0 heterocycles. The fourth-order valence-electron chi connectivity index (χ4n) is 3.11. The minimum atomic E-state index is -0.341. The second kappa shape index (κ2) is 11.4. The summed E-state index contributed by atoms with van der Waals surface area (Å²) in [6.45, 7) is 6.29. The molecular formula is C27H29N3O3S. The van der Waals surface area contributed by atoms with Gasteiger partial charge in [0, 0.05) is 28.8 Å². The van der Waals surface area contributed by atoms with Crippen LogP contribution in [-0.2, 0) is 6.42 Å². The maximum Gasteiger partial charge on any atom is 0.257 e. The van der Waals surface area contributed by atoms with Crippen LogP contribution in [-0.4, -0.2) is 29.1 Å². The third-order valence-corrected chi connectivity index (χ3v) is 4.92. The van der Waals surface area contributed by atoms with Gasteiger partial charge >= 0.3 is 0 Å². The molecule has 34 heavy (non-hydrogen) atoms. The highest BCUT2D eigenvalue weighted by molar-refractivity contribution is 7.80. The number of hydrogen-bond donors (Lipinski definition) is 3. The average molecular weight is 476 g/mol. The Morgan fingerprint density at radius 2 is 1.56 bits per heavy atom. The van der Waals surface area contributed by atoms with E-state index in [0.717, 1.165) is 6.42 Å². The predicted octanol–water partition coefficient (Wildman–Crippen LogP) is 4.96. The fraction of sp³-hybridized carbons (Fsp3) is 0.222. The van der Waals surface area contributed by atoms with Gasteiger partial charge in [0.2, 0.25) is 0 Å². The molecule has 0 saturated heterocycles. The van der Waals surface area contributed by atoms with E-state index in [9.17, 15) is 9.59 Å². The van der Waals surface area contributed by atoms with Crippen LogP contribution in [0, 0.1) is 0 Å². The van der Waals surface area contributed by atoms with Crippen molar-refractivity contribution in [2.75, 3.05) is 11.9 Å². The maximum absolute atomic E-state index is 12.6. The van der Waals surface area contributed by atoms with E-state index in [1.54, 1.807) is 42.5 Å². The highest BCUT2D eigenvalue weighted by Crippen LogP contribution is 2.15. The van der Waals surface area contributed by atoms with Crippen LogP contribution < -0.4 is 20.7 Å². The Balaban J connectivity index is 1.51. The van der Waals surface area contributed by atoms with Crippen LogP contribution in [0.5, 0.6) is 5.75 Å². The van der Waals surface area contributed by atoms with Crippen molar-refractivity contribution in [3.05, 3.63) is 95.6 Å². The van der Waals surface area contributed by atoms with Gasteiger partial charge in [-0.25, -0.2) is 0 Å². The first-order chi connectivity index (χ1) is 16.2. The summed E-state index contributed by atoms with van der Waals surface area (Å²) in [5.74, 6) is 0.125. The second-order valence-corrected chi connectivity index (χ2v) is 9.21. The highest BCUT2D eigenvalue weighted by Gasteiger charge is 2.15. The van der Waals surface area contributed by atoms with E-state index < -0.39 is 0 Å². The van der Waals surface area contributed by atoms with Crippen molar-refractivity contribution in [2.45, 2.75) is 32.7 Å². The quantitative estimate of drug-likeness (QED) is 0.421. The molecule has 0 radical (unpaired) electrons. The second-order valence-electron chi connectivity index (χ2n) is 8.80. The van der Waals surface area contributed by atoms with Gasteiger partial charge in [-0.15, -0.1) is 0 Å². The summed E-state index contributed by atoms with van der Waals surface area (Å²) in [6, 6.07) is 23.9. The van der Waals surface area contributed by atoms with Crippen molar-refractivity contribution in [3.8, 4) is 5.75 Å². The van der Waals surface area contributed by atoms with Crippen LogP contribution in [0.15, 0.2) is 78.9 Å². The lowest BCUT2D eigenvalue weighted by atomic mass is 10.1. The standard InChI is InChI=1S/C27H29N3O3S/c1-27(2,3)30-25(32)20-12-14-22(15-13-20)28-26(34)29-24(31)21-10-7-11-23(18-21)33-17-16-19-8-5-4-6-9-19/h4-15,18H,16-17H2,1-3H3,(H,30,32)(H2,28,29,31,34). The number of hydrogen-bond acceptors (Lipinski definition) is 4. The molecule has 0 atom stereocenters. The molecule has 3 rings (SSSR count). The van der Waals surface area contributed by atoms with Gasteiger partial charge in [0.05, 0.1) is 6.61 Å². The van der Waals surface area contributed by atoms with Crippen molar-refractivity contribution < 1.29 is 14.3 Å². The van der Waals surface area contributed by atoms with E-state index in [1.165, 1.54) is 5.56 Å². The molecule has 0 bridgehead atoms. The lowest BCUT2D eigenvalue weighted by Gasteiger charge is -2.20. The molecule has 0 aliphatic heterocycles. The molecule has 0 aliphatic carbocycles. The first kappa shape index (κ1) is 24.9. The van der Waals surface area contributed by atoms with E-state index in [-0.39, 0.29) is 22.5 Å². The Bertz CT molecular complexity index is 1140. The number of carbonyl (C=O) groups is 2. The van der Waals surface area contributed by atoms with Gasteiger partial charge in [-0.05, 0) is 81.0 Å². The van der Waals surface area contributed by atoms with Crippen LogP contribution in [0.25, 0.3) is 0 Å². The first-order valence-electron chi connectivity index (χ1n) is 11.0. The monoisotopic (exact) mass is 475 g/mol. The zero-order chi connectivity index (χ0) is 24.6. The van der Waals surface area contributed by atoms with Crippen LogP contribution in [0.3, 0.4) is 0 Å². The highest BCUT2D eigenvalue weighted by atomic mass is 32.1. The van der Waals surface area contributed by atoms with Crippen molar-refractivity contribution in [2.24, 2.45) is 0 Å². The normalized spacial score (nSPS) is 10.8. The Morgan fingerprint density at radius 3 is 2.24 bits per heavy atom. The lowest BCUT2D eigenvalue weighted by Crippen LogP contribution is -2.40. The van der Waals surface area contributed by atoms with Crippen molar-refractivity contribution >= 4 is 34.8 Å². The SMILES string of the molecule is CC(C)(C)NC(=O)c1ccc(NC(=S)NC(=O)c2cccc(OCCc3ccccc3)c2)cc1. The molecule has 6 nitrogen and oxygen atoms in total. The largest absolute Gasteiger partial charge is 0.493 e. The molecule has 0 spiro atoms. The average Bonchev–Trinajstić information content (AvgIpc) is 2.79. The van der Waals surface area contributed by atoms with Crippen molar-refractivity contribution in [1.29, 1.82) is 0 Å². The minimum Gasteiger partial charge on any atom is -0.493 e. The maximum atomic E-state index is 12.6. The number of thiocarbonyl (C=S) groups is 1. The molecule has 7 heteroatoms. The number of carbonyl (C=O) groups excluding carboxylic acids is 2. The lowest BCUT2D eigenvalue weighted by molar-refractivity contribution is 0.0918. The third-order valence-electron chi connectivity index (χ3n) is 4.72. The zero-order valence-corrected chi connectivity index (χ0v) is 20.4. The van der Waals surface area contributed by atoms with Gasteiger partial charge in [0.25, 0.3) is 11.8 Å². The van der Waals surface area contributed by atoms with Crippen LogP contribution in [0.4, 0.5) is 5.69 Å². The summed E-state index contributed by atoms with van der Waals surface area (Å²) in [5.41, 5.74) is 2.52. The van der Waals surface area contributed by atoms with Gasteiger partial charge in [-0.1, -0.05) is 36.4 Å². The van der Waals surface area contributed by atoms with E-state index in [4.69, 9.17) is 17.0 Å². The van der Waals surface area contributed by atoms with Crippen LogP contribution in [0.1, 0.15) is 47.1 Å². The molecule has 0 aliphatic rings. The van der Waals surface area contributed by atoms with E-state index in [0.29, 0.717) is 29.2 Å². The van der Waals surface area contributed by atoms with E-state index >= 15 is 0 Å². The Kier molecular flexibility index (Phi) is 8.38. The molecule has 0 saturated carbocycles. The number of benzene rings is 3. The van der Waals surface area contributed by atoms with Gasteiger partial charge in [0.1, 0.15) is 5.75 Å². The topological polar surface area (TPSA) is 79.5 Å². The fourth-order valence-corrected chi connectivity index (χ4v) is 3.32. The van der Waals surface area contributed by atoms with Crippen molar-refractivity contribution in [3.63, 3.8) is 0 Å². The molecule has 3 aromatic rings. The molecule has 0 fully saturated rings. The number of ether oxygens (including phenoxy) is 1. The van der Waals surface area contributed by atoms with Crippen LogP contribution in [0.2, 0.25) is 0 Å². The summed E-state index contributed by atoms with van der Waals surface area (Å²) in [7, 11) is 0. The third kappa shape index (κ3) is 8.01. The van der Waals surface area contributed by atoms with Crippen LogP contribution >= 0.6 is 12.2 Å². The number of anilines is 1. The summed E-state index contributed by atoms with van der Waals surface area (Å²) >= 11 is 5.27. The number of amides is 2. The van der Waals surface area contributed by atoms with Gasteiger partial charge in [0.15, 0.2) is 5.11 Å². The molecular weight excluding hydrogens is 446 g/mol. The molecule has 0 unspecified atom stereocenters. The summed E-state index contributed by atoms with van der Waals surface area (Å²) < 4.78 is 5.80. The smallest absolute Gasteiger partial charge is 0.257 e. The first-order valence-corrected chi connectivity index (χ1v) is 11.4. The van der Waals surface area contributed by atoms with Crippen molar-refractivity contribution in [1.82, 2.24) is 10.6 Å². The van der Waals surface area contributed by atoms with Gasteiger partial charge in [-0.3, -0.25) is 14.9 Å². The zero-order valence-electron chi connectivity index (χ0n) is 19.6. The summed E-state index contributed by atoms with van der Waals surface area (Å²) in [6.07, 6.45) is 0.780.